The van der Waals surface area contributed by atoms with Gasteiger partial charge in [0, 0.05) is 11.3 Å². The summed E-state index contributed by atoms with van der Waals surface area (Å²) in [5.41, 5.74) is 6.13. The molecule has 0 aliphatic rings. The highest BCUT2D eigenvalue weighted by atomic mass is 16.3. The van der Waals surface area contributed by atoms with Crippen molar-refractivity contribution < 1.29 is 9.21 Å². The molecule has 128 valence electrons. The van der Waals surface area contributed by atoms with Gasteiger partial charge in [0.25, 0.3) is 5.91 Å². The minimum atomic E-state index is -0.269. The maximum atomic E-state index is 12.2. The number of amides is 1. The molecule has 0 saturated heterocycles. The Labute approximate surface area is 146 Å². The van der Waals surface area contributed by atoms with E-state index < -0.39 is 0 Å². The quantitative estimate of drug-likeness (QED) is 0.574. The maximum Gasteiger partial charge on any atom is 0.271 e. The van der Waals surface area contributed by atoms with Gasteiger partial charge in [0.05, 0.1) is 18.5 Å². The summed E-state index contributed by atoms with van der Waals surface area (Å²) in [7, 11) is 0. The van der Waals surface area contributed by atoms with Gasteiger partial charge < -0.3 is 4.42 Å². The van der Waals surface area contributed by atoms with Crippen molar-refractivity contribution in [1.29, 1.82) is 0 Å². The minimum Gasteiger partial charge on any atom is -0.460 e. The third-order valence-electron chi connectivity index (χ3n) is 3.74. The number of nitrogens with zero attached hydrogens (tertiary/aromatic N) is 3. The molecule has 0 radical (unpaired) electrons. The predicted molar refractivity (Wildman–Crippen MR) is 95.8 cm³/mol. The van der Waals surface area contributed by atoms with Crippen LogP contribution in [0.2, 0.25) is 0 Å². The van der Waals surface area contributed by atoms with Crippen LogP contribution in [0, 0.1) is 20.8 Å². The Kier molecular flexibility index (Phi) is 4.79. The van der Waals surface area contributed by atoms with Crippen LogP contribution in [0.1, 0.15) is 38.8 Å². The fourth-order valence-corrected chi connectivity index (χ4v) is 2.56. The van der Waals surface area contributed by atoms with Gasteiger partial charge in [-0.2, -0.15) is 10.2 Å². The second-order valence-corrected chi connectivity index (χ2v) is 5.93. The zero-order chi connectivity index (χ0) is 17.8. The van der Waals surface area contributed by atoms with Gasteiger partial charge in [0.1, 0.15) is 11.5 Å². The Bertz CT molecular complexity index is 921. The summed E-state index contributed by atoms with van der Waals surface area (Å²) in [4.78, 5) is 12.2. The molecule has 0 aliphatic carbocycles. The van der Waals surface area contributed by atoms with Gasteiger partial charge in [-0.25, -0.2) is 5.43 Å². The number of rotatable bonds is 5. The molecule has 1 N–H and O–H groups in total. The molecule has 0 atom stereocenters. The topological polar surface area (TPSA) is 72.4 Å². The molecule has 1 amide bonds. The fourth-order valence-electron chi connectivity index (χ4n) is 2.56. The van der Waals surface area contributed by atoms with Crippen molar-refractivity contribution in [2.24, 2.45) is 5.10 Å². The first kappa shape index (κ1) is 16.7. The van der Waals surface area contributed by atoms with Crippen molar-refractivity contribution in [2.75, 3.05) is 0 Å². The number of hydrazone groups is 1. The lowest BCUT2D eigenvalue weighted by molar-refractivity contribution is 0.0955. The number of aromatic nitrogens is 2. The number of furan rings is 1. The van der Waals surface area contributed by atoms with Gasteiger partial charge in [0.15, 0.2) is 0 Å². The van der Waals surface area contributed by atoms with Gasteiger partial charge in [0.2, 0.25) is 0 Å². The van der Waals surface area contributed by atoms with Crippen LogP contribution >= 0.6 is 0 Å². The summed E-state index contributed by atoms with van der Waals surface area (Å²) in [6, 6.07) is 13.1. The molecule has 0 aliphatic heterocycles. The van der Waals surface area contributed by atoms with Crippen LogP contribution in [0.25, 0.3) is 0 Å². The van der Waals surface area contributed by atoms with Crippen molar-refractivity contribution in [3.8, 4) is 0 Å². The zero-order valence-corrected chi connectivity index (χ0v) is 14.5. The minimum absolute atomic E-state index is 0.269. The molecular formula is C19H20N4O2. The normalized spacial score (nSPS) is 11.2. The van der Waals surface area contributed by atoms with E-state index in [0.717, 1.165) is 22.7 Å². The number of hydrogen-bond acceptors (Lipinski definition) is 4. The maximum absolute atomic E-state index is 12.2. The largest absolute Gasteiger partial charge is 0.460 e. The summed E-state index contributed by atoms with van der Waals surface area (Å²) in [6.07, 6.45) is 1.48. The Hall–Kier alpha value is -3.15. The van der Waals surface area contributed by atoms with Crippen molar-refractivity contribution >= 4 is 12.1 Å². The highest BCUT2D eigenvalue weighted by Crippen LogP contribution is 2.10. The molecule has 0 saturated carbocycles. The Morgan fingerprint density at radius 2 is 2.08 bits per heavy atom. The van der Waals surface area contributed by atoms with Crippen LogP contribution in [0.3, 0.4) is 0 Å². The molecule has 1 aromatic carbocycles. The zero-order valence-electron chi connectivity index (χ0n) is 14.5. The smallest absolute Gasteiger partial charge is 0.271 e. The number of benzene rings is 1. The third-order valence-corrected chi connectivity index (χ3v) is 3.74. The third kappa shape index (κ3) is 4.23. The molecule has 3 aromatic rings. The van der Waals surface area contributed by atoms with Gasteiger partial charge in [-0.15, -0.1) is 0 Å². The van der Waals surface area contributed by atoms with Crippen LogP contribution in [-0.4, -0.2) is 21.9 Å². The average Bonchev–Trinajstić information content (AvgIpc) is 3.12. The number of hydrogen-bond donors (Lipinski definition) is 1. The Morgan fingerprint density at radius 1 is 1.24 bits per heavy atom. The highest BCUT2D eigenvalue weighted by molar-refractivity contribution is 5.94. The summed E-state index contributed by atoms with van der Waals surface area (Å²) in [5, 5.41) is 8.37. The summed E-state index contributed by atoms with van der Waals surface area (Å²) in [5.74, 6) is 1.12. The van der Waals surface area contributed by atoms with Gasteiger partial charge in [-0.1, -0.05) is 12.1 Å². The van der Waals surface area contributed by atoms with E-state index in [4.69, 9.17) is 4.42 Å². The predicted octanol–water partition coefficient (Wildman–Crippen LogP) is 3.21. The first-order chi connectivity index (χ1) is 12.0. The SMILES string of the molecule is Cc1cc(C)n(Cc2cccc(C(=O)NN=Cc3ccc(C)o3)c2)n1. The van der Waals surface area contributed by atoms with E-state index in [9.17, 15) is 4.79 Å². The van der Waals surface area contributed by atoms with E-state index >= 15 is 0 Å². The molecule has 6 nitrogen and oxygen atoms in total. The summed E-state index contributed by atoms with van der Waals surface area (Å²) < 4.78 is 7.28. The molecule has 25 heavy (non-hydrogen) atoms. The van der Waals surface area contributed by atoms with E-state index in [1.165, 1.54) is 6.21 Å². The van der Waals surface area contributed by atoms with Crippen LogP contribution < -0.4 is 5.43 Å². The number of aryl methyl sites for hydroxylation is 3. The van der Waals surface area contributed by atoms with Gasteiger partial charge >= 0.3 is 0 Å². The van der Waals surface area contributed by atoms with Gasteiger partial charge in [-0.05, 0) is 56.7 Å². The number of carbonyl (C=O) groups is 1. The fraction of sp³-hybridized carbons (Fsp3) is 0.211. The summed E-state index contributed by atoms with van der Waals surface area (Å²) in [6.45, 7) is 6.45. The Morgan fingerprint density at radius 3 is 2.76 bits per heavy atom. The van der Waals surface area contributed by atoms with E-state index in [-0.39, 0.29) is 5.91 Å². The van der Waals surface area contributed by atoms with E-state index in [1.54, 1.807) is 12.1 Å². The lowest BCUT2D eigenvalue weighted by Gasteiger charge is -2.06. The van der Waals surface area contributed by atoms with E-state index in [0.29, 0.717) is 17.9 Å². The molecule has 3 rings (SSSR count). The van der Waals surface area contributed by atoms with Crippen molar-refractivity contribution in [2.45, 2.75) is 27.3 Å². The van der Waals surface area contributed by atoms with E-state index in [2.05, 4.69) is 15.6 Å². The van der Waals surface area contributed by atoms with Crippen molar-refractivity contribution in [3.05, 3.63) is 76.5 Å². The second-order valence-electron chi connectivity index (χ2n) is 5.93. The summed E-state index contributed by atoms with van der Waals surface area (Å²) >= 11 is 0. The van der Waals surface area contributed by atoms with Crippen molar-refractivity contribution in [1.82, 2.24) is 15.2 Å². The van der Waals surface area contributed by atoms with Gasteiger partial charge in [-0.3, -0.25) is 9.48 Å². The highest BCUT2D eigenvalue weighted by Gasteiger charge is 2.07. The molecular weight excluding hydrogens is 316 g/mol. The second kappa shape index (κ2) is 7.17. The molecule has 0 unspecified atom stereocenters. The van der Waals surface area contributed by atoms with Crippen molar-refractivity contribution in [3.63, 3.8) is 0 Å². The number of nitrogens with one attached hydrogen (secondary N) is 1. The van der Waals surface area contributed by atoms with Crippen LogP contribution in [0.15, 0.2) is 52.0 Å². The van der Waals surface area contributed by atoms with Crippen LogP contribution in [0.5, 0.6) is 0 Å². The van der Waals surface area contributed by atoms with Crippen LogP contribution in [0.4, 0.5) is 0 Å². The Balaban J connectivity index is 1.67. The molecule has 6 heteroatoms. The lowest BCUT2D eigenvalue weighted by Crippen LogP contribution is -2.18. The van der Waals surface area contributed by atoms with E-state index in [1.807, 2.05) is 55.8 Å². The first-order valence-electron chi connectivity index (χ1n) is 8.01. The molecule has 0 bridgehead atoms. The standard InChI is InChI=1S/C19H20N4O2/c1-13-9-14(2)23(22-13)12-16-5-4-6-17(10-16)19(24)21-20-11-18-8-7-15(3)25-18/h4-11H,12H2,1-3H3,(H,21,24). The monoisotopic (exact) mass is 336 g/mol. The lowest BCUT2D eigenvalue weighted by atomic mass is 10.1. The molecule has 0 fully saturated rings. The molecule has 2 aromatic heterocycles. The molecule has 0 spiro atoms. The average molecular weight is 336 g/mol. The number of carbonyl (C=O) groups excluding carboxylic acids is 1. The van der Waals surface area contributed by atoms with Crippen LogP contribution in [-0.2, 0) is 6.54 Å². The first-order valence-corrected chi connectivity index (χ1v) is 8.01. The molecule has 2 heterocycles.